The van der Waals surface area contributed by atoms with E-state index in [1.54, 1.807) is 0 Å². The molecule has 6 heteroatoms. The zero-order valence-corrected chi connectivity index (χ0v) is 10.0. The highest BCUT2D eigenvalue weighted by molar-refractivity contribution is 7.79. The molecular formula is C10H10ClNO3S. The number of hydrogen-bond acceptors (Lipinski definition) is 4. The van der Waals surface area contributed by atoms with Crippen LogP contribution in [0.4, 0.5) is 0 Å². The number of ether oxygens (including phenoxy) is 1. The van der Waals surface area contributed by atoms with Gasteiger partial charge in [-0.15, -0.1) is 0 Å². The van der Waals surface area contributed by atoms with Crippen LogP contribution >= 0.6 is 24.2 Å². The molecule has 1 N–H and O–H groups in total. The van der Waals surface area contributed by atoms with Crippen LogP contribution in [0.3, 0.4) is 0 Å². The fraction of sp³-hybridized carbons (Fsp3) is 0.400. The Kier molecular flexibility index (Phi) is 3.37. The highest BCUT2D eigenvalue weighted by Gasteiger charge is 2.24. The molecule has 0 bridgehead atoms. The molecule has 1 aliphatic rings. The van der Waals surface area contributed by atoms with Crippen LogP contribution in [0.2, 0.25) is 5.02 Å². The van der Waals surface area contributed by atoms with Crippen molar-refractivity contribution in [3.63, 3.8) is 0 Å². The summed E-state index contributed by atoms with van der Waals surface area (Å²) in [5, 5.41) is 9.36. The van der Waals surface area contributed by atoms with E-state index in [4.69, 9.17) is 21.4 Å². The van der Waals surface area contributed by atoms with Gasteiger partial charge in [0.2, 0.25) is 0 Å². The molecule has 0 saturated heterocycles. The van der Waals surface area contributed by atoms with E-state index in [9.17, 15) is 4.79 Å². The number of nitrogens with zero attached hydrogens (tertiary/aromatic N) is 1. The Morgan fingerprint density at radius 3 is 3.00 bits per heavy atom. The SMILES string of the molecule is O=C(O)c1c(Cl)c(CS)nc2c1CCOC2. The Morgan fingerprint density at radius 1 is 1.62 bits per heavy atom. The van der Waals surface area contributed by atoms with Gasteiger partial charge in [-0.3, -0.25) is 4.98 Å². The zero-order chi connectivity index (χ0) is 11.7. The zero-order valence-electron chi connectivity index (χ0n) is 8.36. The molecular weight excluding hydrogens is 250 g/mol. The molecule has 0 atom stereocenters. The van der Waals surface area contributed by atoms with Crippen molar-refractivity contribution in [1.29, 1.82) is 0 Å². The molecule has 0 aliphatic carbocycles. The third kappa shape index (κ3) is 1.90. The molecule has 1 aromatic heterocycles. The van der Waals surface area contributed by atoms with Gasteiger partial charge in [-0.2, -0.15) is 12.6 Å². The quantitative estimate of drug-likeness (QED) is 0.797. The van der Waals surface area contributed by atoms with E-state index in [1.165, 1.54) is 0 Å². The van der Waals surface area contributed by atoms with Crippen LogP contribution in [-0.2, 0) is 23.5 Å². The predicted molar refractivity (Wildman–Crippen MR) is 62.3 cm³/mol. The van der Waals surface area contributed by atoms with Gasteiger partial charge in [0, 0.05) is 5.75 Å². The maximum atomic E-state index is 11.2. The predicted octanol–water partition coefficient (Wildman–Crippen LogP) is 1.94. The summed E-state index contributed by atoms with van der Waals surface area (Å²) in [6, 6.07) is 0. The van der Waals surface area contributed by atoms with Crippen LogP contribution in [0.25, 0.3) is 0 Å². The highest BCUT2D eigenvalue weighted by Crippen LogP contribution is 2.29. The third-order valence-electron chi connectivity index (χ3n) is 2.49. The van der Waals surface area contributed by atoms with E-state index >= 15 is 0 Å². The Hall–Kier alpha value is -0.780. The maximum Gasteiger partial charge on any atom is 0.337 e. The minimum absolute atomic E-state index is 0.152. The molecule has 1 aromatic rings. The van der Waals surface area contributed by atoms with Crippen molar-refractivity contribution < 1.29 is 14.6 Å². The van der Waals surface area contributed by atoms with Crippen molar-refractivity contribution in [2.24, 2.45) is 0 Å². The van der Waals surface area contributed by atoms with Gasteiger partial charge in [0.15, 0.2) is 0 Å². The van der Waals surface area contributed by atoms with Crippen molar-refractivity contribution >= 4 is 30.2 Å². The lowest BCUT2D eigenvalue weighted by Gasteiger charge is -2.19. The Balaban J connectivity index is 2.67. The summed E-state index contributed by atoms with van der Waals surface area (Å²) in [4.78, 5) is 15.5. The lowest BCUT2D eigenvalue weighted by Crippen LogP contribution is -2.18. The van der Waals surface area contributed by atoms with Crippen LogP contribution in [0.15, 0.2) is 0 Å². The van der Waals surface area contributed by atoms with E-state index in [0.29, 0.717) is 42.3 Å². The number of carbonyl (C=O) groups is 1. The smallest absolute Gasteiger partial charge is 0.337 e. The standard InChI is InChI=1S/C10H10ClNO3S/c11-9-7(4-16)12-6-3-15-2-1-5(6)8(9)10(13)14/h16H,1-4H2,(H,13,14). The second-order valence-electron chi connectivity index (χ2n) is 3.44. The van der Waals surface area contributed by atoms with E-state index in [0.717, 1.165) is 0 Å². The fourth-order valence-electron chi connectivity index (χ4n) is 1.76. The molecule has 0 saturated carbocycles. The van der Waals surface area contributed by atoms with Gasteiger partial charge in [0.25, 0.3) is 0 Å². The molecule has 1 aliphatic heterocycles. The van der Waals surface area contributed by atoms with E-state index < -0.39 is 5.97 Å². The molecule has 2 rings (SSSR count). The lowest BCUT2D eigenvalue weighted by atomic mass is 10.0. The van der Waals surface area contributed by atoms with Crippen LogP contribution in [-0.4, -0.2) is 22.7 Å². The van der Waals surface area contributed by atoms with E-state index in [-0.39, 0.29) is 10.6 Å². The molecule has 0 spiro atoms. The van der Waals surface area contributed by atoms with Gasteiger partial charge < -0.3 is 9.84 Å². The topological polar surface area (TPSA) is 59.4 Å². The number of thiol groups is 1. The number of fused-ring (bicyclic) bond motifs is 1. The molecule has 0 unspecified atom stereocenters. The van der Waals surface area contributed by atoms with Crippen LogP contribution < -0.4 is 0 Å². The Morgan fingerprint density at radius 2 is 2.38 bits per heavy atom. The number of carboxylic acid groups (broad SMARTS) is 1. The second-order valence-corrected chi connectivity index (χ2v) is 4.13. The minimum Gasteiger partial charge on any atom is -0.478 e. The second kappa shape index (κ2) is 4.61. The average Bonchev–Trinajstić information content (AvgIpc) is 2.27. The summed E-state index contributed by atoms with van der Waals surface area (Å²) in [6.45, 7) is 0.846. The molecule has 86 valence electrons. The molecule has 0 aromatic carbocycles. The van der Waals surface area contributed by atoms with E-state index in [2.05, 4.69) is 17.6 Å². The third-order valence-corrected chi connectivity index (χ3v) is 3.20. The van der Waals surface area contributed by atoms with Crippen LogP contribution in [0.5, 0.6) is 0 Å². The normalized spacial score (nSPS) is 14.6. The molecule has 0 radical (unpaired) electrons. The number of hydrogen-bond donors (Lipinski definition) is 2. The minimum atomic E-state index is -1.02. The Labute approximate surface area is 103 Å². The van der Waals surface area contributed by atoms with Gasteiger partial charge in [0.1, 0.15) is 0 Å². The van der Waals surface area contributed by atoms with Crippen LogP contribution in [0.1, 0.15) is 27.3 Å². The first kappa shape index (κ1) is 11.7. The van der Waals surface area contributed by atoms with Crippen molar-refractivity contribution in [3.05, 3.63) is 27.5 Å². The van der Waals surface area contributed by atoms with Crippen molar-refractivity contribution in [2.75, 3.05) is 6.61 Å². The first-order valence-corrected chi connectivity index (χ1v) is 5.78. The van der Waals surface area contributed by atoms with Gasteiger partial charge in [-0.1, -0.05) is 11.6 Å². The number of carboxylic acids is 1. The number of aromatic carboxylic acids is 1. The summed E-state index contributed by atoms with van der Waals surface area (Å²) in [5.41, 5.74) is 2.00. The van der Waals surface area contributed by atoms with Gasteiger partial charge in [-0.05, 0) is 12.0 Å². The highest BCUT2D eigenvalue weighted by atomic mass is 35.5. The first-order valence-electron chi connectivity index (χ1n) is 4.77. The van der Waals surface area contributed by atoms with Crippen molar-refractivity contribution in [2.45, 2.75) is 18.8 Å². The molecule has 2 heterocycles. The summed E-state index contributed by atoms with van der Waals surface area (Å²) in [5.74, 6) is -0.708. The average molecular weight is 260 g/mol. The van der Waals surface area contributed by atoms with Crippen LogP contribution in [0, 0.1) is 0 Å². The number of aromatic nitrogens is 1. The summed E-state index contributed by atoms with van der Waals surface area (Å²) >= 11 is 10.1. The monoisotopic (exact) mass is 259 g/mol. The van der Waals surface area contributed by atoms with Crippen molar-refractivity contribution in [3.8, 4) is 0 Å². The number of pyridine rings is 1. The molecule has 4 nitrogen and oxygen atoms in total. The van der Waals surface area contributed by atoms with Gasteiger partial charge in [-0.25, -0.2) is 4.79 Å². The Bertz CT molecular complexity index is 450. The first-order chi connectivity index (χ1) is 7.65. The van der Waals surface area contributed by atoms with Crippen molar-refractivity contribution in [1.82, 2.24) is 4.98 Å². The molecule has 0 amide bonds. The lowest BCUT2D eigenvalue weighted by molar-refractivity contribution is 0.0689. The van der Waals surface area contributed by atoms with E-state index in [1.807, 2.05) is 0 Å². The summed E-state index contributed by atoms with van der Waals surface area (Å²) in [7, 11) is 0. The maximum absolute atomic E-state index is 11.2. The number of rotatable bonds is 2. The largest absolute Gasteiger partial charge is 0.478 e. The molecule has 16 heavy (non-hydrogen) atoms. The molecule has 0 fully saturated rings. The van der Waals surface area contributed by atoms with Gasteiger partial charge in [0.05, 0.1) is 35.2 Å². The number of halogens is 1. The van der Waals surface area contributed by atoms with Gasteiger partial charge >= 0.3 is 5.97 Å². The fourth-order valence-corrected chi connectivity index (χ4v) is 2.39. The summed E-state index contributed by atoms with van der Waals surface area (Å²) < 4.78 is 5.25. The summed E-state index contributed by atoms with van der Waals surface area (Å²) in [6.07, 6.45) is 0.538.